The lowest BCUT2D eigenvalue weighted by atomic mass is 10.2. The topological polar surface area (TPSA) is 88.5 Å². The maximum atomic E-state index is 9.87. The lowest BCUT2D eigenvalue weighted by Gasteiger charge is -1.90. The molecule has 0 rings (SSSR count). The minimum Gasteiger partial charge on any atom is -0.481 e. The van der Waals surface area contributed by atoms with Crippen molar-refractivity contribution in [2.24, 2.45) is 0 Å². The summed E-state index contributed by atoms with van der Waals surface area (Å²) in [7, 11) is 0. The van der Waals surface area contributed by atoms with E-state index in [9.17, 15) is 19.2 Å². The molecule has 0 aromatic heterocycles. The van der Waals surface area contributed by atoms with Gasteiger partial charge < -0.3 is 19.5 Å². The van der Waals surface area contributed by atoms with Crippen LogP contribution in [-0.4, -0.2) is 29.9 Å². The highest BCUT2D eigenvalue weighted by Crippen LogP contribution is 1.99. The average Bonchev–Trinajstić information content (AvgIpc) is 2.71. The fourth-order valence-electron chi connectivity index (χ4n) is 1.95. The number of unbranched alkanes of at least 4 members (excludes halogenated alkanes) is 11. The summed E-state index contributed by atoms with van der Waals surface area (Å²) in [6.07, 6.45) is 18.9. The van der Waals surface area contributed by atoms with Crippen LogP contribution in [0, 0.1) is 0 Å². The molecule has 0 saturated heterocycles. The molecule has 0 spiro atoms. The van der Waals surface area contributed by atoms with E-state index in [1.54, 1.807) is 0 Å². The van der Waals surface area contributed by atoms with Gasteiger partial charge >= 0.3 is 5.97 Å². The summed E-state index contributed by atoms with van der Waals surface area (Å²) < 4.78 is 0. The summed E-state index contributed by atoms with van der Waals surface area (Å²) in [5.74, 6) is -0.682. The van der Waals surface area contributed by atoms with E-state index < -0.39 is 5.97 Å². The van der Waals surface area contributed by atoms with E-state index >= 15 is 0 Å². The van der Waals surface area contributed by atoms with Crippen molar-refractivity contribution < 1.29 is 24.3 Å². The van der Waals surface area contributed by atoms with Crippen molar-refractivity contribution in [1.29, 1.82) is 0 Å². The third-order valence-electron chi connectivity index (χ3n) is 3.77. The minimum atomic E-state index is -0.682. The fourth-order valence-corrected chi connectivity index (χ4v) is 1.95. The van der Waals surface area contributed by atoms with Gasteiger partial charge in [-0.05, 0) is 25.7 Å². The molecule has 0 aliphatic rings. The predicted molar refractivity (Wildman–Crippen MR) is 122 cm³/mol. The van der Waals surface area contributed by atoms with Gasteiger partial charge in [-0.25, -0.2) is 0 Å². The normalized spacial score (nSPS) is 8.83. The van der Waals surface area contributed by atoms with Crippen molar-refractivity contribution in [2.45, 2.75) is 130 Å². The van der Waals surface area contributed by atoms with Gasteiger partial charge in [-0.15, -0.1) is 0 Å². The van der Waals surface area contributed by atoms with E-state index in [4.69, 9.17) is 5.11 Å². The maximum Gasteiger partial charge on any atom is 0.303 e. The minimum absolute atomic E-state index is 0.327. The highest BCUT2D eigenvalue weighted by molar-refractivity contribution is 5.66. The van der Waals surface area contributed by atoms with Crippen LogP contribution in [0.4, 0.5) is 0 Å². The molecule has 0 bridgehead atoms. The molecular formula is C24H48O5. The van der Waals surface area contributed by atoms with Gasteiger partial charge in [0.05, 0.1) is 0 Å². The number of aldehydes is 3. The number of carboxylic acid groups (broad SMARTS) is 1. The summed E-state index contributed by atoms with van der Waals surface area (Å²) in [5.41, 5.74) is 0. The van der Waals surface area contributed by atoms with Crippen LogP contribution in [0.15, 0.2) is 0 Å². The van der Waals surface area contributed by atoms with Crippen molar-refractivity contribution in [3.8, 4) is 0 Å². The van der Waals surface area contributed by atoms with Gasteiger partial charge in [0, 0.05) is 25.7 Å². The van der Waals surface area contributed by atoms with Crippen LogP contribution in [-0.2, 0) is 19.2 Å². The maximum absolute atomic E-state index is 9.87. The lowest BCUT2D eigenvalue weighted by molar-refractivity contribution is -0.137. The van der Waals surface area contributed by atoms with E-state index in [1.165, 1.54) is 32.1 Å². The summed E-state index contributed by atoms with van der Waals surface area (Å²) >= 11 is 0. The molecule has 0 atom stereocenters. The molecule has 0 unspecified atom stereocenters. The van der Waals surface area contributed by atoms with Gasteiger partial charge in [0.15, 0.2) is 0 Å². The number of hydrogen-bond donors (Lipinski definition) is 1. The zero-order chi connectivity index (χ0) is 23.0. The fraction of sp³-hybridized carbons (Fsp3) is 0.833. The Labute approximate surface area is 180 Å². The summed E-state index contributed by atoms with van der Waals surface area (Å²) in [4.78, 5) is 38.9. The van der Waals surface area contributed by atoms with Gasteiger partial charge in [-0.2, -0.15) is 0 Å². The summed E-state index contributed by atoms with van der Waals surface area (Å²) in [6.45, 7) is 8.43. The van der Waals surface area contributed by atoms with Crippen LogP contribution >= 0.6 is 0 Å². The number of carbonyl (C=O) groups is 4. The molecule has 0 radical (unpaired) electrons. The standard InChI is InChI=1S/C7H14O.C6H12O2.C6H12O.C5H10O/c1-2-3-4-5-6-7-8;1-2-3-4-5-6(7)8;1-2-3-4-5-6-7;1-2-3-4-5-6/h7H,2-6H2,1H3;2-5H2,1H3,(H,7,8);6H,2-5H2,1H3;5H,2-4H2,1H3. The molecule has 0 heterocycles. The zero-order valence-electron chi connectivity index (χ0n) is 19.6. The third kappa shape index (κ3) is 66.2. The molecular weight excluding hydrogens is 368 g/mol. The van der Waals surface area contributed by atoms with Crippen LogP contribution < -0.4 is 0 Å². The zero-order valence-corrected chi connectivity index (χ0v) is 19.6. The summed E-state index contributed by atoms with van der Waals surface area (Å²) in [5, 5.41) is 8.14. The van der Waals surface area contributed by atoms with Gasteiger partial charge in [-0.1, -0.05) is 79.1 Å². The molecule has 0 aromatic rings. The van der Waals surface area contributed by atoms with Crippen LogP contribution in [0.5, 0.6) is 0 Å². The van der Waals surface area contributed by atoms with E-state index in [0.29, 0.717) is 6.42 Å². The number of hydrogen-bond acceptors (Lipinski definition) is 4. The predicted octanol–water partition coefficient (Wildman–Crippen LogP) is 6.95. The Balaban J connectivity index is -0.000000145. The third-order valence-corrected chi connectivity index (χ3v) is 3.77. The quantitative estimate of drug-likeness (QED) is 0.217. The van der Waals surface area contributed by atoms with E-state index in [-0.39, 0.29) is 0 Å². The van der Waals surface area contributed by atoms with Crippen LogP contribution in [0.2, 0.25) is 0 Å². The van der Waals surface area contributed by atoms with Crippen molar-refractivity contribution >= 4 is 24.8 Å². The first-order valence-electron chi connectivity index (χ1n) is 11.5. The van der Waals surface area contributed by atoms with E-state index in [0.717, 1.165) is 83.1 Å². The van der Waals surface area contributed by atoms with Crippen LogP contribution in [0.1, 0.15) is 130 Å². The first-order chi connectivity index (χ1) is 14.0. The van der Waals surface area contributed by atoms with Crippen LogP contribution in [0.25, 0.3) is 0 Å². The molecule has 0 saturated carbocycles. The molecule has 0 aliphatic heterocycles. The van der Waals surface area contributed by atoms with Gasteiger partial charge in [0.1, 0.15) is 18.9 Å². The molecule has 0 fully saturated rings. The molecule has 0 aliphatic carbocycles. The van der Waals surface area contributed by atoms with Crippen molar-refractivity contribution in [3.63, 3.8) is 0 Å². The number of carbonyl (C=O) groups excluding carboxylic acids is 3. The molecule has 0 aromatic carbocycles. The molecule has 174 valence electrons. The lowest BCUT2D eigenvalue weighted by Crippen LogP contribution is -1.92. The van der Waals surface area contributed by atoms with Gasteiger partial charge in [-0.3, -0.25) is 4.79 Å². The highest BCUT2D eigenvalue weighted by Gasteiger charge is 1.92. The number of rotatable bonds is 16. The Hall–Kier alpha value is -1.52. The molecule has 5 nitrogen and oxygen atoms in total. The van der Waals surface area contributed by atoms with Crippen molar-refractivity contribution in [2.75, 3.05) is 0 Å². The second-order valence-electron chi connectivity index (χ2n) is 6.84. The van der Waals surface area contributed by atoms with Gasteiger partial charge in [0.25, 0.3) is 0 Å². The summed E-state index contributed by atoms with van der Waals surface area (Å²) in [6, 6.07) is 0. The first-order valence-corrected chi connectivity index (χ1v) is 11.5. The Bertz CT molecular complexity index is 316. The monoisotopic (exact) mass is 416 g/mol. The van der Waals surface area contributed by atoms with Gasteiger partial charge in [0.2, 0.25) is 0 Å². The molecule has 5 heteroatoms. The Morgan fingerprint density at radius 3 is 1.24 bits per heavy atom. The van der Waals surface area contributed by atoms with Crippen LogP contribution in [0.3, 0.4) is 0 Å². The van der Waals surface area contributed by atoms with E-state index in [2.05, 4.69) is 27.7 Å². The average molecular weight is 417 g/mol. The molecule has 29 heavy (non-hydrogen) atoms. The highest BCUT2D eigenvalue weighted by atomic mass is 16.4. The Morgan fingerprint density at radius 1 is 0.552 bits per heavy atom. The smallest absolute Gasteiger partial charge is 0.303 e. The first kappa shape index (κ1) is 35.0. The second-order valence-corrected chi connectivity index (χ2v) is 6.84. The van der Waals surface area contributed by atoms with Crippen molar-refractivity contribution in [3.05, 3.63) is 0 Å². The molecule has 0 amide bonds. The number of aliphatic carboxylic acids is 1. The number of carboxylic acids is 1. The largest absolute Gasteiger partial charge is 0.481 e. The Kier molecular flexibility index (Phi) is 49.4. The molecule has 1 N–H and O–H groups in total. The van der Waals surface area contributed by atoms with E-state index in [1.807, 2.05) is 0 Å². The second kappa shape index (κ2) is 41.0. The SMILES string of the molecule is CCCCC=O.CCCCCC(=O)O.CCCCCC=O.CCCCCCC=O. The van der Waals surface area contributed by atoms with Crippen molar-refractivity contribution in [1.82, 2.24) is 0 Å². The Morgan fingerprint density at radius 2 is 0.897 bits per heavy atom.